The van der Waals surface area contributed by atoms with Crippen molar-refractivity contribution in [1.82, 2.24) is 0 Å². The highest BCUT2D eigenvalue weighted by Crippen LogP contribution is 2.33. The van der Waals surface area contributed by atoms with Gasteiger partial charge in [-0.15, -0.1) is 0 Å². The smallest absolute Gasteiger partial charge is 0.133 e. The van der Waals surface area contributed by atoms with Crippen molar-refractivity contribution in [3.63, 3.8) is 0 Å². The highest BCUT2D eigenvalue weighted by Gasteiger charge is 2.14. The molecule has 0 amide bonds. The van der Waals surface area contributed by atoms with Gasteiger partial charge in [-0.05, 0) is 57.4 Å². The predicted molar refractivity (Wildman–Crippen MR) is 83.2 cm³/mol. The molecule has 0 heterocycles. The van der Waals surface area contributed by atoms with E-state index < -0.39 is 0 Å². The van der Waals surface area contributed by atoms with Gasteiger partial charge in [0.1, 0.15) is 5.75 Å². The lowest BCUT2D eigenvalue weighted by molar-refractivity contribution is 0.412. The highest BCUT2D eigenvalue weighted by atomic mass is 79.9. The molecule has 2 N–H and O–H groups in total. The van der Waals surface area contributed by atoms with Crippen molar-refractivity contribution in [3.8, 4) is 5.75 Å². The summed E-state index contributed by atoms with van der Waals surface area (Å²) in [5, 5.41) is 1.21. The molecule has 2 rings (SSSR count). The van der Waals surface area contributed by atoms with Gasteiger partial charge >= 0.3 is 0 Å². The van der Waals surface area contributed by atoms with Crippen LogP contribution in [0.1, 0.15) is 17.2 Å². The van der Waals surface area contributed by atoms with E-state index in [1.54, 1.807) is 25.3 Å². The van der Waals surface area contributed by atoms with Gasteiger partial charge in [0.2, 0.25) is 0 Å². The van der Waals surface area contributed by atoms with Crippen LogP contribution in [-0.4, -0.2) is 7.11 Å². The molecule has 0 aromatic heterocycles. The Bertz CT molecular complexity index is 604. The van der Waals surface area contributed by atoms with Crippen LogP contribution >= 0.6 is 39.1 Å². The summed E-state index contributed by atoms with van der Waals surface area (Å²) in [5.41, 5.74) is 7.97. The van der Waals surface area contributed by atoms with Crippen molar-refractivity contribution >= 4 is 39.1 Å². The maximum absolute atomic E-state index is 6.24. The van der Waals surface area contributed by atoms with Gasteiger partial charge in [-0.25, -0.2) is 0 Å². The predicted octanol–water partition coefficient (Wildman–Crippen LogP) is 4.81. The van der Waals surface area contributed by atoms with E-state index in [2.05, 4.69) is 15.9 Å². The van der Waals surface area contributed by atoms with Gasteiger partial charge in [0.15, 0.2) is 0 Å². The first kappa shape index (κ1) is 14.7. The van der Waals surface area contributed by atoms with Crippen LogP contribution < -0.4 is 10.5 Å². The minimum absolute atomic E-state index is 0.339. The molecule has 2 aromatic carbocycles. The molecule has 1 atom stereocenters. The average Bonchev–Trinajstić information content (AvgIpc) is 2.40. The van der Waals surface area contributed by atoms with Gasteiger partial charge in [-0.2, -0.15) is 0 Å². The van der Waals surface area contributed by atoms with Crippen LogP contribution in [0.5, 0.6) is 5.75 Å². The van der Waals surface area contributed by atoms with Gasteiger partial charge in [-0.1, -0.05) is 29.3 Å². The zero-order chi connectivity index (χ0) is 14.0. The summed E-state index contributed by atoms with van der Waals surface area (Å²) in [6.45, 7) is 0. The highest BCUT2D eigenvalue weighted by molar-refractivity contribution is 9.10. The lowest BCUT2D eigenvalue weighted by atomic mass is 9.99. The summed E-state index contributed by atoms with van der Waals surface area (Å²) in [6.07, 6.45) is 0. The molecule has 1 unspecified atom stereocenters. The molecule has 2 nitrogen and oxygen atoms in total. The molecule has 0 aliphatic heterocycles. The van der Waals surface area contributed by atoms with Crippen molar-refractivity contribution in [3.05, 3.63) is 62.0 Å². The molecular formula is C14H12BrCl2NO. The molecule has 2 aromatic rings. The molecule has 19 heavy (non-hydrogen) atoms. The van der Waals surface area contributed by atoms with E-state index >= 15 is 0 Å². The summed E-state index contributed by atoms with van der Waals surface area (Å²) in [4.78, 5) is 0. The van der Waals surface area contributed by atoms with Crippen molar-refractivity contribution in [2.45, 2.75) is 6.04 Å². The van der Waals surface area contributed by atoms with Crippen LogP contribution in [0, 0.1) is 0 Å². The van der Waals surface area contributed by atoms with E-state index in [1.807, 2.05) is 18.2 Å². The minimum Gasteiger partial charge on any atom is -0.496 e. The SMILES string of the molecule is COc1ccc(C(N)c2cc(Cl)ccc2Cl)cc1Br. The van der Waals surface area contributed by atoms with Gasteiger partial charge in [0.25, 0.3) is 0 Å². The summed E-state index contributed by atoms with van der Waals surface area (Å²) in [6, 6.07) is 10.6. The number of hydrogen-bond donors (Lipinski definition) is 1. The van der Waals surface area contributed by atoms with Gasteiger partial charge in [0.05, 0.1) is 17.6 Å². The fraction of sp³-hybridized carbons (Fsp3) is 0.143. The first-order valence-corrected chi connectivity index (χ1v) is 7.11. The maximum Gasteiger partial charge on any atom is 0.133 e. The van der Waals surface area contributed by atoms with E-state index in [0.717, 1.165) is 21.3 Å². The Hall–Kier alpha value is -0.740. The van der Waals surface area contributed by atoms with E-state index in [0.29, 0.717) is 10.0 Å². The molecule has 0 radical (unpaired) electrons. The maximum atomic E-state index is 6.24. The second-order valence-corrected chi connectivity index (χ2v) is 5.74. The van der Waals surface area contributed by atoms with E-state index in [-0.39, 0.29) is 6.04 Å². The standard InChI is InChI=1S/C14H12BrCl2NO/c1-19-13-5-2-8(6-11(13)15)14(18)10-7-9(16)3-4-12(10)17/h2-7,14H,18H2,1H3. The van der Waals surface area contributed by atoms with Gasteiger partial charge < -0.3 is 10.5 Å². The summed E-state index contributed by atoms with van der Waals surface area (Å²) in [7, 11) is 1.62. The lowest BCUT2D eigenvalue weighted by Gasteiger charge is -2.16. The minimum atomic E-state index is -0.339. The molecule has 0 saturated carbocycles. The molecule has 0 spiro atoms. The monoisotopic (exact) mass is 359 g/mol. The Morgan fingerprint density at radius 3 is 2.53 bits per heavy atom. The zero-order valence-electron chi connectivity index (χ0n) is 10.2. The molecule has 100 valence electrons. The van der Waals surface area contributed by atoms with Crippen LogP contribution in [0.2, 0.25) is 10.0 Å². The number of hydrogen-bond acceptors (Lipinski definition) is 2. The molecule has 0 saturated heterocycles. The number of benzene rings is 2. The third-order valence-electron chi connectivity index (χ3n) is 2.83. The molecule has 5 heteroatoms. The number of rotatable bonds is 3. The Labute approximate surface area is 130 Å². The summed E-state index contributed by atoms with van der Waals surface area (Å²) in [5.74, 6) is 0.758. The van der Waals surface area contributed by atoms with Gasteiger partial charge in [-0.3, -0.25) is 0 Å². The topological polar surface area (TPSA) is 35.2 Å². The van der Waals surface area contributed by atoms with Crippen LogP contribution in [-0.2, 0) is 0 Å². The Kier molecular flexibility index (Phi) is 4.74. The van der Waals surface area contributed by atoms with Crippen LogP contribution in [0.25, 0.3) is 0 Å². The van der Waals surface area contributed by atoms with Crippen LogP contribution in [0.15, 0.2) is 40.9 Å². The Morgan fingerprint density at radius 1 is 1.16 bits per heavy atom. The van der Waals surface area contributed by atoms with Crippen molar-refractivity contribution < 1.29 is 4.74 Å². The molecule has 0 aliphatic carbocycles. The fourth-order valence-electron chi connectivity index (χ4n) is 1.81. The second-order valence-electron chi connectivity index (χ2n) is 4.04. The molecule has 0 fully saturated rings. The van der Waals surface area contributed by atoms with Crippen molar-refractivity contribution in [2.24, 2.45) is 5.73 Å². The summed E-state index contributed by atoms with van der Waals surface area (Å²) < 4.78 is 6.04. The second kappa shape index (κ2) is 6.14. The van der Waals surface area contributed by atoms with E-state index in [9.17, 15) is 0 Å². The number of ether oxygens (including phenoxy) is 1. The number of halogens is 3. The van der Waals surface area contributed by atoms with Gasteiger partial charge in [0, 0.05) is 10.0 Å². The van der Waals surface area contributed by atoms with Crippen molar-refractivity contribution in [1.29, 1.82) is 0 Å². The average molecular weight is 361 g/mol. The zero-order valence-corrected chi connectivity index (χ0v) is 13.3. The normalized spacial score (nSPS) is 12.3. The molecular weight excluding hydrogens is 349 g/mol. The lowest BCUT2D eigenvalue weighted by Crippen LogP contribution is -2.12. The first-order chi connectivity index (χ1) is 9.02. The van der Waals surface area contributed by atoms with Crippen LogP contribution in [0.3, 0.4) is 0 Å². The molecule has 0 bridgehead atoms. The quantitative estimate of drug-likeness (QED) is 0.852. The first-order valence-electron chi connectivity index (χ1n) is 5.57. The third-order valence-corrected chi connectivity index (χ3v) is 4.03. The van der Waals surface area contributed by atoms with E-state index in [4.69, 9.17) is 33.7 Å². The fourth-order valence-corrected chi connectivity index (χ4v) is 2.78. The van der Waals surface area contributed by atoms with Crippen molar-refractivity contribution in [2.75, 3.05) is 7.11 Å². The van der Waals surface area contributed by atoms with E-state index in [1.165, 1.54) is 0 Å². The molecule has 0 aliphatic rings. The number of methoxy groups -OCH3 is 1. The number of nitrogens with two attached hydrogens (primary N) is 1. The van der Waals surface area contributed by atoms with Crippen LogP contribution in [0.4, 0.5) is 0 Å². The third kappa shape index (κ3) is 3.23. The largest absolute Gasteiger partial charge is 0.496 e. The summed E-state index contributed by atoms with van der Waals surface area (Å²) >= 11 is 15.6. The Morgan fingerprint density at radius 2 is 1.89 bits per heavy atom. The Balaban J connectivity index is 2.41.